The van der Waals surface area contributed by atoms with Gasteiger partial charge in [-0.2, -0.15) is 13.2 Å². The number of aromatic nitrogens is 1. The predicted molar refractivity (Wildman–Crippen MR) is 79.7 cm³/mol. The summed E-state index contributed by atoms with van der Waals surface area (Å²) in [5, 5.41) is 9.60. The van der Waals surface area contributed by atoms with E-state index in [1.54, 1.807) is 24.4 Å². The summed E-state index contributed by atoms with van der Waals surface area (Å²) in [6.07, 6.45) is -2.92. The number of carbonyl (C=O) groups is 1. The van der Waals surface area contributed by atoms with Gasteiger partial charge in [0.1, 0.15) is 11.5 Å². The molecule has 0 aliphatic carbocycles. The van der Waals surface area contributed by atoms with Crippen molar-refractivity contribution < 1.29 is 27.8 Å². The predicted octanol–water partition coefficient (Wildman–Crippen LogP) is 3.00. The second-order valence-corrected chi connectivity index (χ2v) is 5.10. The van der Waals surface area contributed by atoms with E-state index in [2.05, 4.69) is 9.72 Å². The minimum absolute atomic E-state index is 0.0191. The van der Waals surface area contributed by atoms with Crippen molar-refractivity contribution in [3.63, 3.8) is 0 Å². The van der Waals surface area contributed by atoms with Crippen molar-refractivity contribution in [2.45, 2.75) is 12.7 Å². The Balaban J connectivity index is 2.12. The topological polar surface area (TPSA) is 62.7 Å². The van der Waals surface area contributed by atoms with E-state index < -0.39 is 18.7 Å². The first-order valence-electron chi connectivity index (χ1n) is 6.93. The number of nitrogens with zero attached hydrogens (tertiary/aromatic N) is 2. The van der Waals surface area contributed by atoms with Crippen LogP contribution in [0.3, 0.4) is 0 Å². The van der Waals surface area contributed by atoms with Gasteiger partial charge >= 0.3 is 6.18 Å². The van der Waals surface area contributed by atoms with Crippen LogP contribution in [0.5, 0.6) is 11.5 Å². The van der Waals surface area contributed by atoms with Crippen molar-refractivity contribution in [2.75, 3.05) is 13.7 Å². The van der Waals surface area contributed by atoms with E-state index in [0.717, 1.165) is 18.2 Å². The Hall–Kier alpha value is -2.77. The number of rotatable bonds is 5. The van der Waals surface area contributed by atoms with Gasteiger partial charge in [0.25, 0.3) is 5.91 Å². The quantitative estimate of drug-likeness (QED) is 0.909. The van der Waals surface area contributed by atoms with Gasteiger partial charge in [0.15, 0.2) is 6.61 Å². The number of phenols is 1. The number of pyridine rings is 1. The highest BCUT2D eigenvalue weighted by Gasteiger charge is 2.28. The van der Waals surface area contributed by atoms with Crippen LogP contribution in [0.15, 0.2) is 42.6 Å². The second-order valence-electron chi connectivity index (χ2n) is 5.10. The molecule has 2 rings (SSSR count). The molecule has 0 aliphatic heterocycles. The average Bonchev–Trinajstić information content (AvgIpc) is 2.52. The Morgan fingerprint density at radius 1 is 1.29 bits per heavy atom. The second kappa shape index (κ2) is 7.20. The van der Waals surface area contributed by atoms with Crippen LogP contribution >= 0.6 is 0 Å². The molecule has 128 valence electrons. The Labute approximate surface area is 136 Å². The molecule has 5 nitrogen and oxygen atoms in total. The number of carbonyl (C=O) groups excluding carboxylic acids is 1. The average molecular weight is 340 g/mol. The van der Waals surface area contributed by atoms with Gasteiger partial charge < -0.3 is 14.7 Å². The molecule has 0 aliphatic rings. The van der Waals surface area contributed by atoms with Crippen LogP contribution < -0.4 is 4.74 Å². The molecule has 24 heavy (non-hydrogen) atoms. The molecule has 0 saturated heterocycles. The highest BCUT2D eigenvalue weighted by molar-refractivity contribution is 5.94. The molecule has 0 bridgehead atoms. The number of phenolic OH excluding ortho intramolecular Hbond substituents is 1. The van der Waals surface area contributed by atoms with Gasteiger partial charge in [-0.1, -0.05) is 6.07 Å². The summed E-state index contributed by atoms with van der Waals surface area (Å²) < 4.78 is 41.2. The molecule has 0 fully saturated rings. The van der Waals surface area contributed by atoms with Crippen molar-refractivity contribution in [3.8, 4) is 11.5 Å². The monoisotopic (exact) mass is 340 g/mol. The Bertz CT molecular complexity index is 705. The number of alkyl halides is 3. The fourth-order valence-corrected chi connectivity index (χ4v) is 1.98. The maximum absolute atomic E-state index is 12.4. The van der Waals surface area contributed by atoms with Crippen molar-refractivity contribution in [1.29, 1.82) is 0 Å². The minimum atomic E-state index is -4.51. The van der Waals surface area contributed by atoms with Crippen LogP contribution in [0, 0.1) is 0 Å². The van der Waals surface area contributed by atoms with Crippen molar-refractivity contribution in [1.82, 2.24) is 9.88 Å². The van der Waals surface area contributed by atoms with Gasteiger partial charge in [0, 0.05) is 24.9 Å². The molecule has 0 atom stereocenters. The summed E-state index contributed by atoms with van der Waals surface area (Å²) in [5.41, 5.74) is 0.674. The van der Waals surface area contributed by atoms with E-state index in [9.17, 15) is 23.1 Å². The maximum atomic E-state index is 12.4. The fraction of sp³-hybridized carbons (Fsp3) is 0.250. The molecule has 0 radical (unpaired) electrons. The lowest BCUT2D eigenvalue weighted by Crippen LogP contribution is -2.26. The number of aromatic hydroxyl groups is 1. The number of amides is 1. The number of benzene rings is 1. The van der Waals surface area contributed by atoms with E-state index in [1.165, 1.54) is 11.9 Å². The van der Waals surface area contributed by atoms with Crippen LogP contribution in [0.4, 0.5) is 13.2 Å². The van der Waals surface area contributed by atoms with Crippen molar-refractivity contribution >= 4 is 5.91 Å². The van der Waals surface area contributed by atoms with Crippen LogP contribution in [0.25, 0.3) is 0 Å². The Morgan fingerprint density at radius 2 is 2.04 bits per heavy atom. The number of hydrogen-bond donors (Lipinski definition) is 1. The van der Waals surface area contributed by atoms with Crippen LogP contribution in [0.2, 0.25) is 0 Å². The third-order valence-electron chi connectivity index (χ3n) is 3.01. The molecule has 1 N–H and O–H groups in total. The minimum Gasteiger partial charge on any atom is -0.508 e. The van der Waals surface area contributed by atoms with E-state index in [-0.39, 0.29) is 23.6 Å². The molecule has 1 amide bonds. The zero-order valence-corrected chi connectivity index (χ0v) is 12.7. The van der Waals surface area contributed by atoms with Gasteiger partial charge in [0.2, 0.25) is 0 Å². The molecule has 1 heterocycles. The first kappa shape index (κ1) is 17.6. The van der Waals surface area contributed by atoms with E-state index in [1.807, 2.05) is 0 Å². The lowest BCUT2D eigenvalue weighted by molar-refractivity contribution is -0.153. The lowest BCUT2D eigenvalue weighted by Gasteiger charge is -2.17. The molecule has 1 aromatic heterocycles. The standard InChI is InChI=1S/C16H15F3N2O3/c1-21(9-12-4-2-3-5-20-12)15(23)11-6-13(22)8-14(7-11)24-10-16(17,18)19/h2-8,22H,9-10H2,1H3. The normalized spacial score (nSPS) is 11.2. The molecular weight excluding hydrogens is 325 g/mol. The zero-order chi connectivity index (χ0) is 17.7. The number of ether oxygens (including phenoxy) is 1. The van der Waals surface area contributed by atoms with Crippen LogP contribution in [-0.4, -0.2) is 40.7 Å². The summed E-state index contributed by atoms with van der Waals surface area (Å²) >= 11 is 0. The smallest absolute Gasteiger partial charge is 0.422 e. The van der Waals surface area contributed by atoms with E-state index in [0.29, 0.717) is 5.69 Å². The molecule has 0 unspecified atom stereocenters. The van der Waals surface area contributed by atoms with Gasteiger partial charge in [-0.3, -0.25) is 9.78 Å². The maximum Gasteiger partial charge on any atom is 0.422 e. The molecule has 0 spiro atoms. The number of halogens is 3. The highest BCUT2D eigenvalue weighted by atomic mass is 19.4. The van der Waals surface area contributed by atoms with Gasteiger partial charge in [-0.15, -0.1) is 0 Å². The highest BCUT2D eigenvalue weighted by Crippen LogP contribution is 2.25. The van der Waals surface area contributed by atoms with Crippen LogP contribution in [0.1, 0.15) is 16.1 Å². The zero-order valence-electron chi connectivity index (χ0n) is 12.7. The molecule has 0 saturated carbocycles. The molecule has 1 aromatic carbocycles. The largest absolute Gasteiger partial charge is 0.508 e. The number of hydrogen-bond acceptors (Lipinski definition) is 4. The Kier molecular flexibility index (Phi) is 5.28. The van der Waals surface area contributed by atoms with Gasteiger partial charge in [-0.25, -0.2) is 0 Å². The third-order valence-corrected chi connectivity index (χ3v) is 3.01. The fourth-order valence-electron chi connectivity index (χ4n) is 1.98. The third kappa shape index (κ3) is 5.15. The molecular formula is C16H15F3N2O3. The SMILES string of the molecule is CN(Cc1ccccn1)C(=O)c1cc(O)cc(OCC(F)(F)F)c1. The first-order valence-corrected chi connectivity index (χ1v) is 6.93. The summed E-state index contributed by atoms with van der Waals surface area (Å²) in [5.74, 6) is -1.07. The lowest BCUT2D eigenvalue weighted by atomic mass is 10.1. The first-order chi connectivity index (χ1) is 11.2. The van der Waals surface area contributed by atoms with Gasteiger partial charge in [0.05, 0.1) is 12.2 Å². The summed E-state index contributed by atoms with van der Waals surface area (Å²) in [6, 6.07) is 8.59. The molecule has 8 heteroatoms. The summed E-state index contributed by atoms with van der Waals surface area (Å²) in [6.45, 7) is -1.29. The van der Waals surface area contributed by atoms with E-state index >= 15 is 0 Å². The van der Waals surface area contributed by atoms with Crippen LogP contribution in [-0.2, 0) is 6.54 Å². The summed E-state index contributed by atoms with van der Waals surface area (Å²) in [7, 11) is 1.53. The van der Waals surface area contributed by atoms with Crippen molar-refractivity contribution in [2.24, 2.45) is 0 Å². The van der Waals surface area contributed by atoms with Gasteiger partial charge in [-0.05, 0) is 24.3 Å². The summed E-state index contributed by atoms with van der Waals surface area (Å²) in [4.78, 5) is 17.8. The van der Waals surface area contributed by atoms with Crippen molar-refractivity contribution in [3.05, 3.63) is 53.9 Å². The Morgan fingerprint density at radius 3 is 2.67 bits per heavy atom. The van der Waals surface area contributed by atoms with E-state index in [4.69, 9.17) is 0 Å². The molecule has 2 aromatic rings.